The molecule has 1 unspecified atom stereocenters. The molecule has 3 rings (SSSR count). The van der Waals surface area contributed by atoms with Crippen LogP contribution in [0.15, 0.2) is 36.9 Å². The molecule has 36 heavy (non-hydrogen) atoms. The summed E-state index contributed by atoms with van der Waals surface area (Å²) in [7, 11) is 0. The molecule has 204 valence electrons. The van der Waals surface area contributed by atoms with Crippen molar-refractivity contribution in [1.82, 2.24) is 0 Å². The Hall–Kier alpha value is -1.24. The summed E-state index contributed by atoms with van der Waals surface area (Å²) in [5.74, 6) is 4.65. The van der Waals surface area contributed by atoms with Gasteiger partial charge in [-0.25, -0.2) is 0 Å². The predicted octanol–water partition coefficient (Wildman–Crippen LogP) is 11.1. The largest absolute Gasteiger partial charge is 0.486 e. The molecule has 0 saturated heterocycles. The number of aryl methyl sites for hydroxylation is 1. The molecule has 1 aromatic carbocycles. The molecule has 0 spiro atoms. The fourth-order valence-corrected chi connectivity index (χ4v) is 6.97. The molecule has 2 aliphatic carbocycles. The molecule has 0 aromatic heterocycles. The van der Waals surface area contributed by atoms with Crippen molar-refractivity contribution >= 4 is 0 Å². The van der Waals surface area contributed by atoms with E-state index in [4.69, 9.17) is 4.74 Å². The number of hydrogen-bond acceptors (Lipinski definition) is 1. The molecule has 1 aromatic rings. The molecule has 0 N–H and O–H groups in total. The van der Waals surface area contributed by atoms with Gasteiger partial charge in [0.25, 0.3) is 0 Å². The van der Waals surface area contributed by atoms with E-state index in [2.05, 4.69) is 50.8 Å². The van der Waals surface area contributed by atoms with Gasteiger partial charge in [0.15, 0.2) is 0 Å². The van der Waals surface area contributed by atoms with Gasteiger partial charge < -0.3 is 4.74 Å². The van der Waals surface area contributed by atoms with Gasteiger partial charge in [0.1, 0.15) is 11.9 Å². The Bertz CT molecular complexity index is 675. The third-order valence-corrected chi connectivity index (χ3v) is 9.51. The molecule has 0 bridgehead atoms. The minimum atomic E-state index is 0.161. The summed E-state index contributed by atoms with van der Waals surface area (Å²) < 4.78 is 6.42. The van der Waals surface area contributed by atoms with Crippen molar-refractivity contribution in [2.75, 3.05) is 0 Å². The van der Waals surface area contributed by atoms with Gasteiger partial charge in [-0.2, -0.15) is 0 Å². The molecule has 2 saturated carbocycles. The second-order valence-electron chi connectivity index (χ2n) is 12.4. The van der Waals surface area contributed by atoms with Crippen LogP contribution in [-0.4, -0.2) is 6.10 Å². The van der Waals surface area contributed by atoms with E-state index in [1.54, 1.807) is 0 Å². The van der Waals surface area contributed by atoms with Crippen LogP contribution in [0, 0.1) is 23.7 Å². The molecule has 0 aliphatic heterocycles. The van der Waals surface area contributed by atoms with Crippen molar-refractivity contribution in [1.29, 1.82) is 0 Å². The van der Waals surface area contributed by atoms with Crippen LogP contribution in [-0.2, 0) is 6.42 Å². The molecule has 1 heteroatoms. The highest BCUT2D eigenvalue weighted by Gasteiger charge is 2.27. The van der Waals surface area contributed by atoms with E-state index in [1.165, 1.54) is 134 Å². The number of ether oxygens (including phenoxy) is 1. The Morgan fingerprint density at radius 1 is 0.694 bits per heavy atom. The first-order valence-corrected chi connectivity index (χ1v) is 16.1. The van der Waals surface area contributed by atoms with Gasteiger partial charge in [0, 0.05) is 0 Å². The fraction of sp³-hybridized carbons (Fsp3) is 0.771. The van der Waals surface area contributed by atoms with Gasteiger partial charge in [-0.05, 0) is 67.1 Å². The van der Waals surface area contributed by atoms with Crippen LogP contribution in [0.2, 0.25) is 0 Å². The number of rotatable bonds is 17. The van der Waals surface area contributed by atoms with Gasteiger partial charge in [-0.3, -0.25) is 0 Å². The lowest BCUT2D eigenvalue weighted by Gasteiger charge is -2.32. The molecular weight excluding hydrogens is 436 g/mol. The van der Waals surface area contributed by atoms with E-state index < -0.39 is 0 Å². The van der Waals surface area contributed by atoms with Crippen molar-refractivity contribution in [3.8, 4) is 5.75 Å². The summed E-state index contributed by atoms with van der Waals surface area (Å²) in [4.78, 5) is 0. The van der Waals surface area contributed by atoms with Gasteiger partial charge in [-0.15, -0.1) is 0 Å². The maximum atomic E-state index is 6.42. The van der Waals surface area contributed by atoms with Crippen LogP contribution in [0.25, 0.3) is 0 Å². The van der Waals surface area contributed by atoms with E-state index in [0.29, 0.717) is 5.92 Å². The Labute approximate surface area is 224 Å². The van der Waals surface area contributed by atoms with Crippen molar-refractivity contribution in [3.63, 3.8) is 0 Å². The summed E-state index contributed by atoms with van der Waals surface area (Å²) in [6.07, 6.45) is 30.3. The number of benzene rings is 1. The molecule has 0 heterocycles. The van der Waals surface area contributed by atoms with Crippen LogP contribution < -0.4 is 4.74 Å². The maximum Gasteiger partial charge on any atom is 0.120 e. The van der Waals surface area contributed by atoms with Crippen LogP contribution >= 0.6 is 0 Å². The summed E-state index contributed by atoms with van der Waals surface area (Å²) in [5, 5.41) is 0. The third kappa shape index (κ3) is 10.6. The van der Waals surface area contributed by atoms with Gasteiger partial charge in [0.2, 0.25) is 0 Å². The first-order chi connectivity index (χ1) is 17.7. The standard InChI is InChI=1S/C35H58O/c1-4-7-9-13-29-17-19-30(20-18-29)15-11-12-16-32-23-27-34(28-24-32)36-35(6-3)33-25-21-31(22-26-33)14-10-8-5-2/h6,23-24,27-31,33,35H,3-5,7-22,25-26H2,1-2H3/t29-,30-,31-,33-,35?. The van der Waals surface area contributed by atoms with E-state index in [0.717, 1.165) is 23.5 Å². The Kier molecular flexibility index (Phi) is 14.1. The minimum absolute atomic E-state index is 0.161. The molecular formula is C35H58O. The second kappa shape index (κ2) is 17.3. The predicted molar refractivity (Wildman–Crippen MR) is 158 cm³/mol. The van der Waals surface area contributed by atoms with Gasteiger partial charge >= 0.3 is 0 Å². The van der Waals surface area contributed by atoms with Crippen molar-refractivity contribution in [2.24, 2.45) is 23.7 Å². The lowest BCUT2D eigenvalue weighted by Crippen LogP contribution is -2.29. The average Bonchev–Trinajstić information content (AvgIpc) is 2.92. The zero-order valence-corrected chi connectivity index (χ0v) is 24.0. The Balaban J connectivity index is 1.29. The summed E-state index contributed by atoms with van der Waals surface area (Å²) in [6.45, 7) is 8.73. The van der Waals surface area contributed by atoms with Crippen molar-refractivity contribution in [2.45, 2.75) is 148 Å². The van der Waals surface area contributed by atoms with Crippen LogP contribution in [0.3, 0.4) is 0 Å². The van der Waals surface area contributed by atoms with Gasteiger partial charge in [-0.1, -0.05) is 141 Å². The fourth-order valence-electron chi connectivity index (χ4n) is 6.97. The first-order valence-electron chi connectivity index (χ1n) is 16.1. The van der Waals surface area contributed by atoms with Crippen molar-refractivity contribution in [3.05, 3.63) is 42.5 Å². The Morgan fingerprint density at radius 3 is 1.64 bits per heavy atom. The SMILES string of the molecule is C=CC(Oc1ccc(CCCC[C@H]2CC[C@H](CCCCC)CC2)cc1)[C@H]1CC[C@H](CCCCC)CC1. The topological polar surface area (TPSA) is 9.23 Å². The van der Waals surface area contributed by atoms with Crippen LogP contribution in [0.1, 0.15) is 141 Å². The molecule has 2 aliphatic rings. The first kappa shape index (κ1) is 29.3. The second-order valence-corrected chi connectivity index (χ2v) is 12.4. The van der Waals surface area contributed by atoms with E-state index >= 15 is 0 Å². The quantitative estimate of drug-likeness (QED) is 0.154. The van der Waals surface area contributed by atoms with E-state index in [1.807, 2.05) is 0 Å². The number of hydrogen-bond donors (Lipinski definition) is 0. The summed E-state index contributed by atoms with van der Waals surface area (Å²) >= 11 is 0. The van der Waals surface area contributed by atoms with Crippen molar-refractivity contribution < 1.29 is 4.74 Å². The molecule has 0 radical (unpaired) electrons. The third-order valence-electron chi connectivity index (χ3n) is 9.51. The average molecular weight is 495 g/mol. The highest BCUT2D eigenvalue weighted by Crippen LogP contribution is 2.36. The molecule has 2 fully saturated rings. The monoisotopic (exact) mass is 494 g/mol. The lowest BCUT2D eigenvalue weighted by molar-refractivity contribution is 0.127. The van der Waals surface area contributed by atoms with Gasteiger partial charge in [0.05, 0.1) is 0 Å². The minimum Gasteiger partial charge on any atom is -0.486 e. The van der Waals surface area contributed by atoms with Crippen LogP contribution in [0.5, 0.6) is 5.75 Å². The zero-order chi connectivity index (χ0) is 25.4. The molecule has 1 atom stereocenters. The maximum absolute atomic E-state index is 6.42. The number of unbranched alkanes of at least 4 members (excludes halogenated alkanes) is 5. The van der Waals surface area contributed by atoms with E-state index in [-0.39, 0.29) is 6.10 Å². The summed E-state index contributed by atoms with van der Waals surface area (Å²) in [5.41, 5.74) is 1.46. The zero-order valence-electron chi connectivity index (χ0n) is 24.0. The highest BCUT2D eigenvalue weighted by atomic mass is 16.5. The normalized spacial score (nSPS) is 25.4. The van der Waals surface area contributed by atoms with Crippen LogP contribution in [0.4, 0.5) is 0 Å². The smallest absolute Gasteiger partial charge is 0.120 e. The summed E-state index contributed by atoms with van der Waals surface area (Å²) in [6, 6.07) is 8.98. The van der Waals surface area contributed by atoms with E-state index in [9.17, 15) is 0 Å². The lowest BCUT2D eigenvalue weighted by atomic mass is 9.77. The molecule has 0 amide bonds. The Morgan fingerprint density at radius 2 is 1.17 bits per heavy atom. The molecule has 1 nitrogen and oxygen atoms in total. The highest BCUT2D eigenvalue weighted by molar-refractivity contribution is 5.28.